The van der Waals surface area contributed by atoms with E-state index >= 15 is 0 Å². The third kappa shape index (κ3) is 3.17. The summed E-state index contributed by atoms with van der Waals surface area (Å²) in [6, 6.07) is 1.61. The van der Waals surface area contributed by atoms with Crippen molar-refractivity contribution in [2.45, 2.75) is 13.3 Å². The minimum Gasteiger partial charge on any atom is -0.379 e. The molecule has 0 spiro atoms. The average Bonchev–Trinajstić information content (AvgIpc) is 2.42. The van der Waals surface area contributed by atoms with Gasteiger partial charge < -0.3 is 5.32 Å². The van der Waals surface area contributed by atoms with Crippen LogP contribution in [0.1, 0.15) is 23.7 Å². The van der Waals surface area contributed by atoms with E-state index in [1.165, 1.54) is 5.48 Å². The highest BCUT2D eigenvalue weighted by molar-refractivity contribution is 6.02. The zero-order chi connectivity index (χ0) is 15.3. The van der Waals surface area contributed by atoms with Crippen molar-refractivity contribution in [2.24, 2.45) is 0 Å². The SMILES string of the molecule is CCCNc1c(C(=O)NO)cc([N+](=O)[O-])cc1[N+](=O)[O-]. The van der Waals surface area contributed by atoms with Crippen molar-refractivity contribution >= 4 is 23.0 Å². The van der Waals surface area contributed by atoms with Gasteiger partial charge in [0.05, 0.1) is 21.5 Å². The summed E-state index contributed by atoms with van der Waals surface area (Å²) in [7, 11) is 0. The van der Waals surface area contributed by atoms with E-state index in [1.54, 1.807) is 6.92 Å². The summed E-state index contributed by atoms with van der Waals surface area (Å²) < 4.78 is 0. The third-order valence-corrected chi connectivity index (χ3v) is 2.41. The third-order valence-electron chi connectivity index (χ3n) is 2.41. The van der Waals surface area contributed by atoms with E-state index in [1.807, 2.05) is 0 Å². The molecule has 0 aliphatic carbocycles. The molecular weight excluding hydrogens is 272 g/mol. The van der Waals surface area contributed by atoms with Crippen molar-refractivity contribution in [1.82, 2.24) is 5.48 Å². The first-order valence-corrected chi connectivity index (χ1v) is 5.57. The van der Waals surface area contributed by atoms with Crippen molar-refractivity contribution in [2.75, 3.05) is 11.9 Å². The number of nitrogens with zero attached hydrogens (tertiary/aromatic N) is 2. The van der Waals surface area contributed by atoms with Crippen LogP contribution in [0.4, 0.5) is 17.1 Å². The fraction of sp³-hybridized carbons (Fsp3) is 0.300. The predicted molar refractivity (Wildman–Crippen MR) is 67.8 cm³/mol. The van der Waals surface area contributed by atoms with Crippen molar-refractivity contribution in [3.05, 3.63) is 37.9 Å². The highest BCUT2D eigenvalue weighted by Gasteiger charge is 2.27. The molecule has 20 heavy (non-hydrogen) atoms. The Morgan fingerprint density at radius 1 is 1.30 bits per heavy atom. The maximum absolute atomic E-state index is 11.5. The molecule has 1 aromatic rings. The number of non-ortho nitro benzene ring substituents is 1. The highest BCUT2D eigenvalue weighted by atomic mass is 16.6. The van der Waals surface area contributed by atoms with Gasteiger partial charge in [-0.25, -0.2) is 5.48 Å². The van der Waals surface area contributed by atoms with E-state index in [9.17, 15) is 25.0 Å². The Morgan fingerprint density at radius 3 is 2.40 bits per heavy atom. The summed E-state index contributed by atoms with van der Waals surface area (Å²) in [5.41, 5.74) is -0.458. The lowest BCUT2D eigenvalue weighted by Gasteiger charge is -2.10. The van der Waals surface area contributed by atoms with Crippen molar-refractivity contribution in [3.63, 3.8) is 0 Å². The lowest BCUT2D eigenvalue weighted by Crippen LogP contribution is -2.21. The van der Waals surface area contributed by atoms with E-state index in [0.29, 0.717) is 13.0 Å². The monoisotopic (exact) mass is 284 g/mol. The molecule has 0 unspecified atom stereocenters. The summed E-state index contributed by atoms with van der Waals surface area (Å²) >= 11 is 0. The summed E-state index contributed by atoms with van der Waals surface area (Å²) in [6.45, 7) is 2.13. The molecule has 1 amide bonds. The number of amides is 1. The standard InChI is InChI=1S/C10H12N4O6/c1-2-3-11-9-7(10(15)12-16)4-6(13(17)18)5-8(9)14(19)20/h4-5,11,16H,2-3H2,1H3,(H,12,15). The van der Waals surface area contributed by atoms with Crippen molar-refractivity contribution < 1.29 is 19.8 Å². The van der Waals surface area contributed by atoms with Crippen LogP contribution < -0.4 is 10.8 Å². The van der Waals surface area contributed by atoms with Crippen LogP contribution >= 0.6 is 0 Å². The zero-order valence-electron chi connectivity index (χ0n) is 10.5. The number of carbonyl (C=O) groups excluding carboxylic acids is 1. The maximum atomic E-state index is 11.5. The Hall–Kier alpha value is -2.75. The molecule has 1 rings (SSSR count). The van der Waals surface area contributed by atoms with Gasteiger partial charge in [0.25, 0.3) is 17.3 Å². The highest BCUT2D eigenvalue weighted by Crippen LogP contribution is 2.33. The van der Waals surface area contributed by atoms with Gasteiger partial charge >= 0.3 is 0 Å². The smallest absolute Gasteiger partial charge is 0.300 e. The Morgan fingerprint density at radius 2 is 1.95 bits per heavy atom. The average molecular weight is 284 g/mol. The zero-order valence-corrected chi connectivity index (χ0v) is 10.5. The number of benzene rings is 1. The van der Waals surface area contributed by atoms with E-state index < -0.39 is 27.1 Å². The number of rotatable bonds is 6. The van der Waals surface area contributed by atoms with Crippen LogP contribution in [-0.4, -0.2) is 27.5 Å². The molecule has 0 heterocycles. The minimum atomic E-state index is -1.07. The Labute approximate surface area is 112 Å². The molecule has 10 nitrogen and oxygen atoms in total. The van der Waals surface area contributed by atoms with Gasteiger partial charge in [-0.2, -0.15) is 0 Å². The molecule has 0 saturated carbocycles. The predicted octanol–water partition coefficient (Wildman–Crippen LogP) is 1.44. The van der Waals surface area contributed by atoms with Gasteiger partial charge in [-0.05, 0) is 6.42 Å². The second kappa shape index (κ2) is 6.43. The fourth-order valence-corrected chi connectivity index (χ4v) is 1.54. The van der Waals surface area contributed by atoms with E-state index in [-0.39, 0.29) is 11.3 Å². The second-order valence-electron chi connectivity index (χ2n) is 3.77. The summed E-state index contributed by atoms with van der Waals surface area (Å²) in [5, 5.41) is 33.0. The van der Waals surface area contributed by atoms with Gasteiger partial charge in [0.2, 0.25) is 0 Å². The van der Waals surface area contributed by atoms with E-state index in [2.05, 4.69) is 5.32 Å². The van der Waals surface area contributed by atoms with E-state index in [4.69, 9.17) is 5.21 Å². The van der Waals surface area contributed by atoms with Crippen LogP contribution in [0.2, 0.25) is 0 Å². The van der Waals surface area contributed by atoms with Gasteiger partial charge in [0.1, 0.15) is 5.69 Å². The maximum Gasteiger partial charge on any atom is 0.300 e. The first kappa shape index (κ1) is 15.3. The summed E-state index contributed by atoms with van der Waals surface area (Å²) in [6.07, 6.45) is 0.619. The Kier molecular flexibility index (Phi) is 4.92. The summed E-state index contributed by atoms with van der Waals surface area (Å²) in [4.78, 5) is 31.5. The quantitative estimate of drug-likeness (QED) is 0.406. The molecule has 0 aliphatic heterocycles. The number of nitro benzene ring substituents is 2. The molecule has 0 atom stereocenters. The van der Waals surface area contributed by atoms with Crippen LogP contribution in [0, 0.1) is 20.2 Å². The molecule has 1 aromatic carbocycles. The van der Waals surface area contributed by atoms with Crippen LogP contribution in [0.15, 0.2) is 12.1 Å². The Balaban J connectivity index is 3.52. The first-order valence-electron chi connectivity index (χ1n) is 5.57. The first-order chi connectivity index (χ1) is 9.42. The molecule has 0 radical (unpaired) electrons. The number of carbonyl (C=O) groups is 1. The molecule has 0 aliphatic rings. The number of nitrogens with one attached hydrogen (secondary N) is 2. The number of hydrogen-bond acceptors (Lipinski definition) is 7. The lowest BCUT2D eigenvalue weighted by atomic mass is 10.1. The van der Waals surface area contributed by atoms with Crippen LogP contribution in [0.25, 0.3) is 0 Å². The van der Waals surface area contributed by atoms with Gasteiger partial charge in [0, 0.05) is 12.6 Å². The molecule has 0 saturated heterocycles. The van der Waals surface area contributed by atoms with E-state index in [0.717, 1.165) is 12.1 Å². The molecule has 10 heteroatoms. The van der Waals surface area contributed by atoms with Gasteiger partial charge in [-0.1, -0.05) is 6.92 Å². The van der Waals surface area contributed by atoms with Crippen LogP contribution in [0.3, 0.4) is 0 Å². The second-order valence-corrected chi connectivity index (χ2v) is 3.77. The molecule has 108 valence electrons. The lowest BCUT2D eigenvalue weighted by molar-refractivity contribution is -0.393. The van der Waals surface area contributed by atoms with Crippen molar-refractivity contribution in [1.29, 1.82) is 0 Å². The molecule has 0 aromatic heterocycles. The van der Waals surface area contributed by atoms with Gasteiger partial charge in [-0.3, -0.25) is 30.2 Å². The molecule has 3 N–H and O–H groups in total. The number of anilines is 1. The fourth-order valence-electron chi connectivity index (χ4n) is 1.54. The number of nitro groups is 2. The number of hydroxylamine groups is 1. The normalized spacial score (nSPS) is 9.90. The topological polar surface area (TPSA) is 148 Å². The van der Waals surface area contributed by atoms with Crippen LogP contribution in [-0.2, 0) is 0 Å². The molecule has 0 bridgehead atoms. The van der Waals surface area contributed by atoms with Gasteiger partial charge in [0.15, 0.2) is 0 Å². The molecular formula is C10H12N4O6. The number of hydrogen-bond donors (Lipinski definition) is 3. The minimum absolute atomic E-state index is 0.172. The Bertz CT molecular complexity index is 559. The largest absolute Gasteiger partial charge is 0.379 e. The summed E-state index contributed by atoms with van der Waals surface area (Å²) in [5.74, 6) is -1.07. The van der Waals surface area contributed by atoms with Crippen LogP contribution in [0.5, 0.6) is 0 Å². The van der Waals surface area contributed by atoms with Crippen molar-refractivity contribution in [3.8, 4) is 0 Å². The van der Waals surface area contributed by atoms with Gasteiger partial charge in [-0.15, -0.1) is 0 Å². The molecule has 0 fully saturated rings.